The van der Waals surface area contributed by atoms with Crippen LogP contribution in [-0.2, 0) is 6.42 Å². The van der Waals surface area contributed by atoms with Crippen LogP contribution in [0.25, 0.3) is 16.9 Å². The van der Waals surface area contributed by atoms with Gasteiger partial charge >= 0.3 is 0 Å². The summed E-state index contributed by atoms with van der Waals surface area (Å²) in [7, 11) is 0. The van der Waals surface area contributed by atoms with Crippen molar-refractivity contribution in [1.82, 2.24) is 24.6 Å². The quantitative estimate of drug-likeness (QED) is 0.417. The number of halogens is 1. The highest BCUT2D eigenvalue weighted by atomic mass is 35.5. The molecule has 1 amide bonds. The molecule has 0 bridgehead atoms. The van der Waals surface area contributed by atoms with Gasteiger partial charge in [0, 0.05) is 55.4 Å². The number of nitrogens with zero attached hydrogens (tertiary/aromatic N) is 4. The minimum Gasteiger partial charge on any atom is -0.474 e. The van der Waals surface area contributed by atoms with E-state index in [2.05, 4.69) is 9.72 Å². The highest BCUT2D eigenvalue weighted by Gasteiger charge is 2.26. The molecule has 1 aliphatic carbocycles. The third kappa shape index (κ3) is 4.56. The number of hydrogen-bond donors (Lipinski definition) is 1. The first kappa shape index (κ1) is 23.0. The van der Waals surface area contributed by atoms with E-state index in [1.54, 1.807) is 0 Å². The molecule has 0 atom stereocenters. The van der Waals surface area contributed by atoms with Crippen molar-refractivity contribution in [2.24, 2.45) is 0 Å². The van der Waals surface area contributed by atoms with Crippen LogP contribution in [0.3, 0.4) is 0 Å². The molecule has 1 aromatic carbocycles. The minimum absolute atomic E-state index is 0.0487. The van der Waals surface area contributed by atoms with Gasteiger partial charge < -0.3 is 19.4 Å². The Bertz CT molecular complexity index is 1390. The summed E-state index contributed by atoms with van der Waals surface area (Å²) in [5, 5.41) is 3.99. The molecule has 0 spiro atoms. The van der Waals surface area contributed by atoms with E-state index in [1.807, 2.05) is 65.7 Å². The Balaban J connectivity index is 1.42. The first-order chi connectivity index (χ1) is 17.7. The maximum Gasteiger partial charge on any atom is 0.272 e. The number of fused-ring (bicyclic) bond motifs is 1. The maximum atomic E-state index is 13.7. The molecule has 1 aliphatic heterocycles. The van der Waals surface area contributed by atoms with Gasteiger partial charge in [-0.05, 0) is 49.1 Å². The summed E-state index contributed by atoms with van der Waals surface area (Å²) in [6, 6.07) is 17.6. The highest BCUT2D eigenvalue weighted by molar-refractivity contribution is 6.30. The number of carbonyl (C=O) groups excluding carboxylic acids is 1. The van der Waals surface area contributed by atoms with Gasteiger partial charge in [-0.15, -0.1) is 0 Å². The predicted molar refractivity (Wildman–Crippen MR) is 140 cm³/mol. The molecule has 2 aliphatic rings. The zero-order valence-electron chi connectivity index (χ0n) is 20.0. The molecule has 4 heterocycles. The van der Waals surface area contributed by atoms with Crippen molar-refractivity contribution in [3.05, 3.63) is 82.8 Å². The molecule has 7 nitrogen and oxygen atoms in total. The van der Waals surface area contributed by atoms with Crippen molar-refractivity contribution in [3.63, 3.8) is 0 Å². The topological polar surface area (TPSA) is 71.8 Å². The second kappa shape index (κ2) is 9.91. The molecule has 2 fully saturated rings. The van der Waals surface area contributed by atoms with Crippen LogP contribution >= 0.6 is 11.6 Å². The number of hydrogen-bond acceptors (Lipinski definition) is 5. The summed E-state index contributed by atoms with van der Waals surface area (Å²) in [5.41, 5.74) is 5.02. The van der Waals surface area contributed by atoms with Gasteiger partial charge in [0.05, 0.1) is 11.4 Å². The smallest absolute Gasteiger partial charge is 0.272 e. The van der Waals surface area contributed by atoms with Crippen LogP contribution < -0.4 is 10.1 Å². The number of imidazole rings is 1. The van der Waals surface area contributed by atoms with Gasteiger partial charge in [-0.25, -0.2) is 9.97 Å². The summed E-state index contributed by atoms with van der Waals surface area (Å²) < 4.78 is 8.15. The maximum absolute atomic E-state index is 13.7. The number of benzene rings is 1. The second-order valence-corrected chi connectivity index (χ2v) is 9.83. The van der Waals surface area contributed by atoms with E-state index in [4.69, 9.17) is 26.3 Å². The zero-order chi connectivity index (χ0) is 24.5. The van der Waals surface area contributed by atoms with Crippen LogP contribution in [0.1, 0.15) is 41.0 Å². The summed E-state index contributed by atoms with van der Waals surface area (Å²) >= 11 is 6.15. The first-order valence-corrected chi connectivity index (χ1v) is 12.9. The van der Waals surface area contributed by atoms with Crippen LogP contribution in [0.2, 0.25) is 5.02 Å². The van der Waals surface area contributed by atoms with Crippen molar-refractivity contribution in [1.29, 1.82) is 0 Å². The largest absolute Gasteiger partial charge is 0.474 e. The van der Waals surface area contributed by atoms with Crippen LogP contribution in [0.4, 0.5) is 0 Å². The van der Waals surface area contributed by atoms with Gasteiger partial charge in [0.15, 0.2) is 0 Å². The molecule has 4 aromatic rings. The number of carbonyl (C=O) groups is 1. The fraction of sp³-hybridized carbons (Fsp3) is 0.321. The lowest BCUT2D eigenvalue weighted by atomic mass is 9.96. The fourth-order valence-corrected chi connectivity index (χ4v) is 4.90. The van der Waals surface area contributed by atoms with Gasteiger partial charge in [-0.1, -0.05) is 35.9 Å². The standard InChI is InChI=1S/C28H28ClN5O2/c29-21-10-7-19(8-11-21)26-23(34-15-2-1-6-24(34)31-26)18-20-9-12-25(36-22-4-3-5-22)32-27(20)28(35)33-16-13-30-14-17-33/h1-2,6-12,15,22,30H,3-5,13-14,16-18H2. The Labute approximate surface area is 215 Å². The Morgan fingerprint density at radius 2 is 1.83 bits per heavy atom. The molecular weight excluding hydrogens is 474 g/mol. The molecule has 1 saturated heterocycles. The van der Waals surface area contributed by atoms with Crippen molar-refractivity contribution in [2.75, 3.05) is 26.2 Å². The van der Waals surface area contributed by atoms with Gasteiger partial charge in [-0.3, -0.25) is 4.79 Å². The van der Waals surface area contributed by atoms with Gasteiger partial charge in [-0.2, -0.15) is 0 Å². The lowest BCUT2D eigenvalue weighted by Gasteiger charge is -2.29. The van der Waals surface area contributed by atoms with E-state index >= 15 is 0 Å². The lowest BCUT2D eigenvalue weighted by Crippen LogP contribution is -2.46. The summed E-state index contributed by atoms with van der Waals surface area (Å²) in [5.74, 6) is 0.477. The van der Waals surface area contributed by atoms with Crippen LogP contribution in [0.5, 0.6) is 5.88 Å². The average molecular weight is 502 g/mol. The number of ether oxygens (including phenoxy) is 1. The lowest BCUT2D eigenvalue weighted by molar-refractivity contribution is 0.0723. The molecule has 1 saturated carbocycles. The SMILES string of the molecule is O=C(c1nc(OC2CCC2)ccc1Cc1c(-c2ccc(Cl)cc2)nc2ccccn12)N1CCNCC1. The van der Waals surface area contributed by atoms with Gasteiger partial charge in [0.1, 0.15) is 17.4 Å². The van der Waals surface area contributed by atoms with E-state index in [1.165, 1.54) is 6.42 Å². The van der Waals surface area contributed by atoms with E-state index < -0.39 is 0 Å². The van der Waals surface area contributed by atoms with Crippen LogP contribution in [0, 0.1) is 0 Å². The molecule has 6 rings (SSSR count). The Morgan fingerprint density at radius 1 is 1.03 bits per heavy atom. The molecule has 184 valence electrons. The van der Waals surface area contributed by atoms with Gasteiger partial charge in [0.25, 0.3) is 5.91 Å². The van der Waals surface area contributed by atoms with E-state index in [9.17, 15) is 4.79 Å². The number of rotatable bonds is 6. The van der Waals surface area contributed by atoms with Crippen LogP contribution in [-0.4, -0.2) is 57.5 Å². The summed E-state index contributed by atoms with van der Waals surface area (Å²) in [6.07, 6.45) is 5.97. The number of pyridine rings is 2. The summed E-state index contributed by atoms with van der Waals surface area (Å²) in [4.78, 5) is 25.2. The van der Waals surface area contributed by atoms with Gasteiger partial charge in [0.2, 0.25) is 5.88 Å². The number of piperazine rings is 1. The Kier molecular flexibility index (Phi) is 6.34. The molecule has 36 heavy (non-hydrogen) atoms. The fourth-order valence-electron chi connectivity index (χ4n) is 4.78. The number of amides is 1. The third-order valence-electron chi connectivity index (χ3n) is 7.00. The second-order valence-electron chi connectivity index (χ2n) is 9.39. The van der Waals surface area contributed by atoms with Crippen LogP contribution in [0.15, 0.2) is 60.8 Å². The molecule has 1 N–H and O–H groups in total. The normalized spacial score (nSPS) is 16.2. The van der Waals surface area contributed by atoms with Crippen molar-refractivity contribution < 1.29 is 9.53 Å². The molecule has 8 heteroatoms. The van der Waals surface area contributed by atoms with E-state index in [0.29, 0.717) is 36.1 Å². The Hall–Kier alpha value is -3.42. The first-order valence-electron chi connectivity index (χ1n) is 12.5. The molecular formula is C28H28ClN5O2. The minimum atomic E-state index is -0.0487. The molecule has 0 radical (unpaired) electrons. The van der Waals surface area contributed by atoms with E-state index in [0.717, 1.165) is 54.1 Å². The molecule has 0 unspecified atom stereocenters. The number of nitrogens with one attached hydrogen (secondary N) is 1. The Morgan fingerprint density at radius 3 is 2.58 bits per heavy atom. The van der Waals surface area contributed by atoms with Crippen molar-refractivity contribution >= 4 is 23.2 Å². The van der Waals surface area contributed by atoms with E-state index in [-0.39, 0.29) is 12.0 Å². The highest BCUT2D eigenvalue weighted by Crippen LogP contribution is 2.30. The molecule has 3 aromatic heterocycles. The third-order valence-corrected chi connectivity index (χ3v) is 7.26. The zero-order valence-corrected chi connectivity index (χ0v) is 20.7. The van der Waals surface area contributed by atoms with Crippen molar-refractivity contribution in [2.45, 2.75) is 31.8 Å². The van der Waals surface area contributed by atoms with Crippen molar-refractivity contribution in [3.8, 4) is 17.1 Å². The monoisotopic (exact) mass is 501 g/mol. The number of aromatic nitrogens is 3. The summed E-state index contributed by atoms with van der Waals surface area (Å²) in [6.45, 7) is 2.90. The predicted octanol–water partition coefficient (Wildman–Crippen LogP) is 4.62. The average Bonchev–Trinajstić information content (AvgIpc) is 3.26.